The lowest BCUT2D eigenvalue weighted by Gasteiger charge is -2.08. The molecule has 12 heteroatoms. The molecular formula is C8H4ClF3N2O5S. The van der Waals surface area contributed by atoms with Gasteiger partial charge in [0.2, 0.25) is 0 Å². The maximum Gasteiger partial charge on any atom is 0.471 e. The third kappa shape index (κ3) is 3.81. The fraction of sp³-hybridized carbons (Fsp3) is 0.125. The van der Waals surface area contributed by atoms with Crippen molar-refractivity contribution in [1.29, 1.82) is 0 Å². The lowest BCUT2D eigenvalue weighted by atomic mass is 10.2. The first kappa shape index (κ1) is 16.2. The molecule has 7 nitrogen and oxygen atoms in total. The molecule has 0 saturated heterocycles. The molecule has 1 rings (SSSR count). The van der Waals surface area contributed by atoms with Gasteiger partial charge < -0.3 is 5.32 Å². The summed E-state index contributed by atoms with van der Waals surface area (Å²) in [5.74, 6) is -2.43. The van der Waals surface area contributed by atoms with Crippen LogP contribution in [-0.2, 0) is 13.8 Å². The smallest absolute Gasteiger partial charge is 0.312 e. The topological polar surface area (TPSA) is 106 Å². The van der Waals surface area contributed by atoms with Crippen LogP contribution in [0.1, 0.15) is 0 Å². The van der Waals surface area contributed by atoms with Crippen LogP contribution in [0.25, 0.3) is 0 Å². The minimum absolute atomic E-state index is 0.439. The summed E-state index contributed by atoms with van der Waals surface area (Å²) in [6, 6.07) is 1.80. The van der Waals surface area contributed by atoms with Gasteiger partial charge in [-0.25, -0.2) is 8.42 Å². The van der Waals surface area contributed by atoms with Gasteiger partial charge in [-0.1, -0.05) is 0 Å². The number of rotatable bonds is 3. The number of halogens is 4. The fourth-order valence-electron chi connectivity index (χ4n) is 1.11. The fourth-order valence-corrected chi connectivity index (χ4v) is 1.88. The molecule has 0 bridgehead atoms. The molecule has 0 unspecified atom stereocenters. The number of alkyl halides is 3. The monoisotopic (exact) mass is 332 g/mol. The van der Waals surface area contributed by atoms with Gasteiger partial charge in [0, 0.05) is 16.7 Å². The molecule has 0 saturated carbocycles. The van der Waals surface area contributed by atoms with Crippen LogP contribution in [0.5, 0.6) is 0 Å². The van der Waals surface area contributed by atoms with Crippen molar-refractivity contribution in [2.75, 3.05) is 5.32 Å². The molecule has 0 spiro atoms. The Bertz CT molecular complexity index is 673. The minimum atomic E-state index is -5.24. The second-order valence-electron chi connectivity index (χ2n) is 3.33. The van der Waals surface area contributed by atoms with Gasteiger partial charge in [-0.2, -0.15) is 13.2 Å². The largest absolute Gasteiger partial charge is 0.471 e. The van der Waals surface area contributed by atoms with E-state index in [1.165, 1.54) is 5.32 Å². The van der Waals surface area contributed by atoms with Crippen LogP contribution >= 0.6 is 10.7 Å². The van der Waals surface area contributed by atoms with Crippen molar-refractivity contribution in [2.45, 2.75) is 11.1 Å². The van der Waals surface area contributed by atoms with Crippen molar-refractivity contribution in [2.24, 2.45) is 0 Å². The number of nitrogens with zero attached hydrogens (tertiary/aromatic N) is 1. The summed E-state index contributed by atoms with van der Waals surface area (Å²) in [5, 5.41) is 11.9. The van der Waals surface area contributed by atoms with E-state index in [2.05, 4.69) is 0 Å². The molecule has 0 aliphatic rings. The zero-order valence-electron chi connectivity index (χ0n) is 9.14. The summed E-state index contributed by atoms with van der Waals surface area (Å²) in [6.45, 7) is 0. The summed E-state index contributed by atoms with van der Waals surface area (Å²) in [6.07, 6.45) is -5.24. The molecule has 1 N–H and O–H groups in total. The third-order valence-corrected chi connectivity index (χ3v) is 3.30. The summed E-state index contributed by atoms with van der Waals surface area (Å²) in [7, 11) is 0.649. The average Bonchev–Trinajstić information content (AvgIpc) is 2.26. The Kier molecular flexibility index (Phi) is 4.24. The predicted octanol–water partition coefficient (Wildman–Crippen LogP) is 2.02. The maximum atomic E-state index is 12.0. The number of nitro benzene ring substituents is 1. The first-order valence-corrected chi connectivity index (χ1v) is 6.85. The lowest BCUT2D eigenvalue weighted by molar-refractivity contribution is -0.384. The van der Waals surface area contributed by atoms with E-state index in [1.54, 1.807) is 0 Å². The highest BCUT2D eigenvalue weighted by Crippen LogP contribution is 2.30. The molecule has 110 valence electrons. The lowest BCUT2D eigenvalue weighted by Crippen LogP contribution is -2.30. The molecule has 1 aromatic rings. The Morgan fingerprint density at radius 1 is 1.35 bits per heavy atom. The second-order valence-corrected chi connectivity index (χ2v) is 5.89. The van der Waals surface area contributed by atoms with Gasteiger partial charge in [0.25, 0.3) is 14.7 Å². The summed E-state index contributed by atoms with van der Waals surface area (Å²) in [4.78, 5) is 19.5. The van der Waals surface area contributed by atoms with Gasteiger partial charge >= 0.3 is 12.1 Å². The number of amides is 1. The third-order valence-electron chi connectivity index (χ3n) is 1.95. The van der Waals surface area contributed by atoms with Crippen molar-refractivity contribution >= 4 is 37.0 Å². The standard InChI is InChI=1S/C8H4ClF3N2O5S/c9-20(18,19)4-1-2-5(6(3-4)14(16)17)13-7(15)8(10,11)12/h1-3H,(H,13,15). The van der Waals surface area contributed by atoms with Crippen LogP contribution < -0.4 is 5.32 Å². The van der Waals surface area contributed by atoms with Gasteiger partial charge in [0.05, 0.1) is 9.82 Å². The van der Waals surface area contributed by atoms with E-state index in [1.807, 2.05) is 0 Å². The Balaban J connectivity index is 3.29. The Labute approximate surface area is 113 Å². The molecule has 20 heavy (non-hydrogen) atoms. The van der Waals surface area contributed by atoms with Crippen LogP contribution in [0.4, 0.5) is 24.5 Å². The molecule has 0 atom stereocenters. The van der Waals surface area contributed by atoms with Crippen molar-refractivity contribution < 1.29 is 31.3 Å². The molecular weight excluding hydrogens is 329 g/mol. The summed E-state index contributed by atoms with van der Waals surface area (Å²) < 4.78 is 58.1. The maximum absolute atomic E-state index is 12.0. The van der Waals surface area contributed by atoms with E-state index in [-0.39, 0.29) is 0 Å². The average molecular weight is 333 g/mol. The number of nitrogens with one attached hydrogen (secondary N) is 1. The number of benzene rings is 1. The van der Waals surface area contributed by atoms with E-state index >= 15 is 0 Å². The number of nitro groups is 1. The Morgan fingerprint density at radius 2 is 1.90 bits per heavy atom. The summed E-state index contributed by atoms with van der Waals surface area (Å²) >= 11 is 0. The van der Waals surface area contributed by atoms with Crippen molar-refractivity contribution in [3.05, 3.63) is 28.3 Å². The molecule has 0 heterocycles. The SMILES string of the molecule is O=C(Nc1ccc(S(=O)(=O)Cl)cc1[N+](=O)[O-])C(F)(F)F. The molecule has 1 amide bonds. The van der Waals surface area contributed by atoms with Gasteiger partial charge in [-0.15, -0.1) is 0 Å². The number of hydrogen-bond acceptors (Lipinski definition) is 5. The van der Waals surface area contributed by atoms with Gasteiger partial charge in [0.15, 0.2) is 0 Å². The second kappa shape index (κ2) is 5.25. The van der Waals surface area contributed by atoms with Crippen LogP contribution in [0.15, 0.2) is 23.1 Å². The molecule has 0 fully saturated rings. The highest BCUT2D eigenvalue weighted by molar-refractivity contribution is 8.13. The van der Waals surface area contributed by atoms with E-state index in [4.69, 9.17) is 10.7 Å². The number of hydrogen-bond donors (Lipinski definition) is 1. The quantitative estimate of drug-likeness (QED) is 0.517. The van der Waals surface area contributed by atoms with Crippen molar-refractivity contribution in [3.8, 4) is 0 Å². The van der Waals surface area contributed by atoms with E-state index in [0.717, 1.165) is 6.07 Å². The van der Waals surface area contributed by atoms with Crippen LogP contribution in [-0.4, -0.2) is 25.4 Å². The van der Waals surface area contributed by atoms with Crippen LogP contribution in [0.3, 0.4) is 0 Å². The zero-order chi connectivity index (χ0) is 15.7. The molecule has 0 aromatic heterocycles. The predicted molar refractivity (Wildman–Crippen MR) is 60.8 cm³/mol. The first-order valence-electron chi connectivity index (χ1n) is 4.54. The minimum Gasteiger partial charge on any atom is -0.312 e. The van der Waals surface area contributed by atoms with Gasteiger partial charge in [0.1, 0.15) is 5.69 Å². The van der Waals surface area contributed by atoms with Crippen molar-refractivity contribution in [3.63, 3.8) is 0 Å². The number of anilines is 1. The van der Waals surface area contributed by atoms with E-state index < -0.39 is 42.3 Å². The molecule has 1 aromatic carbocycles. The van der Waals surface area contributed by atoms with Crippen LogP contribution in [0.2, 0.25) is 0 Å². The van der Waals surface area contributed by atoms with E-state index in [0.29, 0.717) is 12.1 Å². The number of carbonyl (C=O) groups excluding carboxylic acids is 1. The summed E-state index contributed by atoms with van der Waals surface area (Å²) in [5.41, 5.74) is -1.84. The number of carbonyl (C=O) groups is 1. The van der Waals surface area contributed by atoms with Crippen LogP contribution in [0, 0.1) is 10.1 Å². The highest BCUT2D eigenvalue weighted by atomic mass is 35.7. The molecule has 0 aliphatic heterocycles. The first-order chi connectivity index (χ1) is 8.93. The molecule has 0 aliphatic carbocycles. The molecule has 0 radical (unpaired) electrons. The zero-order valence-corrected chi connectivity index (χ0v) is 10.7. The van der Waals surface area contributed by atoms with Gasteiger partial charge in [-0.05, 0) is 12.1 Å². The van der Waals surface area contributed by atoms with E-state index in [9.17, 15) is 36.5 Å². The van der Waals surface area contributed by atoms with Gasteiger partial charge in [-0.3, -0.25) is 14.9 Å². The Hall–Kier alpha value is -1.88. The van der Waals surface area contributed by atoms with Crippen molar-refractivity contribution in [1.82, 2.24) is 0 Å². The Morgan fingerprint density at radius 3 is 2.30 bits per heavy atom. The highest BCUT2D eigenvalue weighted by Gasteiger charge is 2.39. The normalized spacial score (nSPS) is 12.0.